The second-order valence-corrected chi connectivity index (χ2v) is 6.97. The van der Waals surface area contributed by atoms with Crippen molar-refractivity contribution in [3.63, 3.8) is 0 Å². The van der Waals surface area contributed by atoms with E-state index >= 15 is 0 Å². The number of phenols is 1. The number of aromatic hydroxyl groups is 1. The molecule has 0 radical (unpaired) electrons. The van der Waals surface area contributed by atoms with Gasteiger partial charge in [0.2, 0.25) is 10.0 Å². The van der Waals surface area contributed by atoms with Gasteiger partial charge < -0.3 is 10.8 Å². The van der Waals surface area contributed by atoms with E-state index in [9.17, 15) is 13.5 Å². The molecule has 118 valence electrons. The van der Waals surface area contributed by atoms with E-state index in [2.05, 4.69) is 4.72 Å². The normalized spacial score (nSPS) is 12.8. The first-order valence-electron chi connectivity index (χ1n) is 7.06. The standard InChI is InChI=1S/C16H20N2O3S/c17-16(13-5-2-1-3-6-13)7-4-12-22(20,21)18-14-8-10-15(19)11-9-14/h1-3,5-6,8-11,16,18-19H,4,7,12,17H2. The van der Waals surface area contributed by atoms with Crippen LogP contribution in [0.5, 0.6) is 5.75 Å². The van der Waals surface area contributed by atoms with E-state index in [0.717, 1.165) is 5.56 Å². The summed E-state index contributed by atoms with van der Waals surface area (Å²) in [5.41, 5.74) is 7.49. The maximum Gasteiger partial charge on any atom is 0.232 e. The Balaban J connectivity index is 1.84. The van der Waals surface area contributed by atoms with Crippen LogP contribution in [0.4, 0.5) is 5.69 Å². The van der Waals surface area contributed by atoms with Crippen LogP contribution in [0.1, 0.15) is 24.4 Å². The number of rotatable bonds is 7. The number of sulfonamides is 1. The lowest BCUT2D eigenvalue weighted by molar-refractivity contribution is 0.475. The van der Waals surface area contributed by atoms with Gasteiger partial charge in [-0.1, -0.05) is 30.3 Å². The highest BCUT2D eigenvalue weighted by atomic mass is 32.2. The van der Waals surface area contributed by atoms with Crippen molar-refractivity contribution >= 4 is 15.7 Å². The van der Waals surface area contributed by atoms with Gasteiger partial charge in [-0.25, -0.2) is 8.42 Å². The summed E-state index contributed by atoms with van der Waals surface area (Å²) in [4.78, 5) is 0. The van der Waals surface area contributed by atoms with E-state index in [1.807, 2.05) is 30.3 Å². The Kier molecular flexibility index (Phi) is 5.41. The van der Waals surface area contributed by atoms with Crippen molar-refractivity contribution in [1.29, 1.82) is 0 Å². The second-order valence-electron chi connectivity index (χ2n) is 5.13. The highest BCUT2D eigenvalue weighted by Gasteiger charge is 2.12. The van der Waals surface area contributed by atoms with Gasteiger partial charge >= 0.3 is 0 Å². The lowest BCUT2D eigenvalue weighted by atomic mass is 10.0. The molecule has 0 aliphatic carbocycles. The molecule has 0 saturated heterocycles. The lowest BCUT2D eigenvalue weighted by Gasteiger charge is -2.12. The van der Waals surface area contributed by atoms with Crippen molar-refractivity contribution in [2.45, 2.75) is 18.9 Å². The van der Waals surface area contributed by atoms with Gasteiger partial charge in [0.05, 0.1) is 5.75 Å². The third-order valence-electron chi connectivity index (χ3n) is 3.30. The molecular weight excluding hydrogens is 300 g/mol. The van der Waals surface area contributed by atoms with Crippen LogP contribution in [0.25, 0.3) is 0 Å². The van der Waals surface area contributed by atoms with Gasteiger partial charge in [-0.2, -0.15) is 0 Å². The predicted octanol–water partition coefficient (Wildman–Crippen LogP) is 2.61. The molecule has 1 unspecified atom stereocenters. The molecule has 0 heterocycles. The minimum absolute atomic E-state index is 0.00834. The number of hydrogen-bond donors (Lipinski definition) is 3. The number of nitrogens with two attached hydrogens (primary N) is 1. The van der Waals surface area contributed by atoms with Crippen molar-refractivity contribution in [2.75, 3.05) is 10.5 Å². The quantitative estimate of drug-likeness (QED) is 0.684. The molecule has 2 aromatic carbocycles. The fourth-order valence-corrected chi connectivity index (χ4v) is 3.26. The molecule has 0 fully saturated rings. The molecule has 2 rings (SSSR count). The molecule has 0 bridgehead atoms. The van der Waals surface area contributed by atoms with Crippen LogP contribution >= 0.6 is 0 Å². The fraction of sp³-hybridized carbons (Fsp3) is 0.250. The average molecular weight is 320 g/mol. The lowest BCUT2D eigenvalue weighted by Crippen LogP contribution is -2.18. The Bertz CT molecular complexity index is 685. The van der Waals surface area contributed by atoms with Gasteiger partial charge in [0, 0.05) is 11.7 Å². The molecule has 0 aliphatic rings. The summed E-state index contributed by atoms with van der Waals surface area (Å²) < 4.78 is 26.5. The third kappa shape index (κ3) is 5.05. The molecule has 0 spiro atoms. The van der Waals surface area contributed by atoms with Crippen LogP contribution in [0, 0.1) is 0 Å². The summed E-state index contributed by atoms with van der Waals surface area (Å²) in [7, 11) is -3.41. The van der Waals surface area contributed by atoms with Crippen molar-refractivity contribution in [3.05, 3.63) is 60.2 Å². The van der Waals surface area contributed by atoms with Crippen molar-refractivity contribution in [2.24, 2.45) is 5.73 Å². The largest absolute Gasteiger partial charge is 0.508 e. The van der Waals surface area contributed by atoms with Crippen molar-refractivity contribution in [3.8, 4) is 5.75 Å². The molecule has 5 nitrogen and oxygen atoms in total. The minimum atomic E-state index is -3.41. The van der Waals surface area contributed by atoms with Crippen LogP contribution in [0.3, 0.4) is 0 Å². The van der Waals surface area contributed by atoms with Gasteiger partial charge in [0.1, 0.15) is 5.75 Å². The Morgan fingerprint density at radius 3 is 2.32 bits per heavy atom. The Morgan fingerprint density at radius 2 is 1.68 bits per heavy atom. The summed E-state index contributed by atoms with van der Waals surface area (Å²) in [5, 5.41) is 9.17. The average Bonchev–Trinajstić information content (AvgIpc) is 2.50. The monoisotopic (exact) mass is 320 g/mol. The first kappa shape index (κ1) is 16.3. The maximum atomic E-state index is 12.0. The van der Waals surface area contributed by atoms with Crippen LogP contribution in [-0.2, 0) is 10.0 Å². The first-order valence-corrected chi connectivity index (χ1v) is 8.71. The smallest absolute Gasteiger partial charge is 0.232 e. The summed E-state index contributed by atoms with van der Waals surface area (Å²) in [5.74, 6) is 0.103. The Morgan fingerprint density at radius 1 is 1.05 bits per heavy atom. The molecule has 0 amide bonds. The van der Waals surface area contributed by atoms with Crippen molar-refractivity contribution in [1.82, 2.24) is 0 Å². The van der Waals surface area contributed by atoms with E-state index in [1.54, 1.807) is 0 Å². The maximum absolute atomic E-state index is 12.0. The number of hydrogen-bond acceptors (Lipinski definition) is 4. The SMILES string of the molecule is NC(CCCS(=O)(=O)Nc1ccc(O)cc1)c1ccccc1. The number of anilines is 1. The van der Waals surface area contributed by atoms with Gasteiger partial charge in [-0.05, 0) is 42.7 Å². The van der Waals surface area contributed by atoms with Crippen LogP contribution in [-0.4, -0.2) is 19.3 Å². The van der Waals surface area contributed by atoms with Gasteiger partial charge in [-0.3, -0.25) is 4.72 Å². The Hall–Kier alpha value is -2.05. The highest BCUT2D eigenvalue weighted by Crippen LogP contribution is 2.18. The highest BCUT2D eigenvalue weighted by molar-refractivity contribution is 7.92. The number of nitrogens with one attached hydrogen (secondary N) is 1. The summed E-state index contributed by atoms with van der Waals surface area (Å²) in [6, 6.07) is 15.4. The van der Waals surface area contributed by atoms with E-state index in [1.165, 1.54) is 24.3 Å². The van der Waals surface area contributed by atoms with E-state index in [0.29, 0.717) is 18.5 Å². The molecule has 4 N–H and O–H groups in total. The van der Waals surface area contributed by atoms with Crippen LogP contribution in [0.15, 0.2) is 54.6 Å². The number of phenolic OH excluding ortho intramolecular Hbond substituents is 1. The molecule has 1 atom stereocenters. The van der Waals surface area contributed by atoms with Crippen LogP contribution in [0.2, 0.25) is 0 Å². The van der Waals surface area contributed by atoms with Crippen molar-refractivity contribution < 1.29 is 13.5 Å². The first-order chi connectivity index (χ1) is 10.5. The third-order valence-corrected chi connectivity index (χ3v) is 4.67. The number of benzene rings is 2. The van der Waals surface area contributed by atoms with Crippen LogP contribution < -0.4 is 10.5 Å². The topological polar surface area (TPSA) is 92.4 Å². The summed E-state index contributed by atoms with van der Waals surface area (Å²) in [6.45, 7) is 0. The fourth-order valence-electron chi connectivity index (χ4n) is 2.12. The van der Waals surface area contributed by atoms with Gasteiger partial charge in [-0.15, -0.1) is 0 Å². The summed E-state index contributed by atoms with van der Waals surface area (Å²) in [6.07, 6.45) is 1.07. The zero-order valence-corrected chi connectivity index (χ0v) is 13.0. The molecule has 0 aromatic heterocycles. The van der Waals surface area contributed by atoms with E-state index < -0.39 is 10.0 Å². The molecule has 22 heavy (non-hydrogen) atoms. The van der Waals surface area contributed by atoms with Gasteiger partial charge in [0.15, 0.2) is 0 Å². The Labute approximate surface area is 130 Å². The zero-order chi connectivity index (χ0) is 16.0. The summed E-state index contributed by atoms with van der Waals surface area (Å²) >= 11 is 0. The molecular formula is C16H20N2O3S. The second kappa shape index (κ2) is 7.29. The van der Waals surface area contributed by atoms with Gasteiger partial charge in [0.25, 0.3) is 0 Å². The molecule has 2 aromatic rings. The molecule has 6 heteroatoms. The van der Waals surface area contributed by atoms with E-state index in [-0.39, 0.29) is 17.5 Å². The predicted molar refractivity (Wildman–Crippen MR) is 88.1 cm³/mol. The molecule has 0 aliphatic heterocycles. The zero-order valence-electron chi connectivity index (χ0n) is 12.1. The van der Waals surface area contributed by atoms with E-state index in [4.69, 9.17) is 5.73 Å². The minimum Gasteiger partial charge on any atom is -0.508 e. The molecule has 0 saturated carbocycles.